The van der Waals surface area contributed by atoms with Crippen LogP contribution in [0.5, 0.6) is 0 Å². The molecule has 2 atom stereocenters. The van der Waals surface area contributed by atoms with Crippen molar-refractivity contribution >= 4 is 89.3 Å². The predicted molar refractivity (Wildman–Crippen MR) is 364 cm³/mol. The van der Waals surface area contributed by atoms with Crippen molar-refractivity contribution in [2.75, 3.05) is 14.7 Å². The van der Waals surface area contributed by atoms with E-state index in [1.807, 2.05) is 11.3 Å². The quantitative estimate of drug-likeness (QED) is 0.159. The minimum atomic E-state index is -0.171. The van der Waals surface area contributed by atoms with Gasteiger partial charge in [-0.2, -0.15) is 0 Å². The summed E-state index contributed by atoms with van der Waals surface area (Å²) in [6, 6.07) is 49.5. The lowest BCUT2D eigenvalue weighted by atomic mass is 9.33. The van der Waals surface area contributed by atoms with Crippen LogP contribution in [0.3, 0.4) is 0 Å². The van der Waals surface area contributed by atoms with Gasteiger partial charge in [-0.25, -0.2) is 0 Å². The molecule has 2 unspecified atom stereocenters. The van der Waals surface area contributed by atoms with Gasteiger partial charge in [0.05, 0.1) is 21.9 Å². The van der Waals surface area contributed by atoms with E-state index in [2.05, 4.69) is 275 Å². The second-order valence-corrected chi connectivity index (χ2v) is 33.2. The Bertz CT molecular complexity index is 3930. The molecule has 0 spiro atoms. The second kappa shape index (κ2) is 18.2. The van der Waals surface area contributed by atoms with Crippen LogP contribution in [0.25, 0.3) is 21.2 Å². The molecule has 1 aromatic heterocycles. The van der Waals surface area contributed by atoms with Crippen LogP contribution in [-0.4, -0.2) is 12.3 Å². The molecule has 2 aliphatic carbocycles. The largest absolute Gasteiger partial charge is 0.335 e. The first-order valence-electron chi connectivity index (χ1n) is 31.5. The summed E-state index contributed by atoms with van der Waals surface area (Å²) < 4.78 is 1.40. The van der Waals surface area contributed by atoms with Crippen LogP contribution in [-0.2, 0) is 37.9 Å². The molecule has 428 valence electrons. The topological polar surface area (TPSA) is 9.72 Å². The molecule has 1 saturated carbocycles. The molecule has 0 radical (unpaired) electrons. The minimum absolute atomic E-state index is 0.00505. The van der Waals surface area contributed by atoms with Crippen LogP contribution >= 0.6 is 11.3 Å². The summed E-state index contributed by atoms with van der Waals surface area (Å²) in [6.07, 6.45) is 7.14. The highest BCUT2D eigenvalue weighted by molar-refractivity contribution is 7.26. The Hall–Kier alpha value is -6.04. The van der Waals surface area contributed by atoms with Gasteiger partial charge in [-0.3, -0.25) is 0 Å². The predicted octanol–water partition coefficient (Wildman–Crippen LogP) is 20.5. The first-order valence-corrected chi connectivity index (χ1v) is 32.4. The summed E-state index contributed by atoms with van der Waals surface area (Å²) in [4.78, 5) is 8.42. The fraction of sp³-hybridized carbons (Fsp3) is 0.436. The zero-order chi connectivity index (χ0) is 59.3. The van der Waals surface area contributed by atoms with Gasteiger partial charge in [-0.05, 0) is 205 Å². The van der Waals surface area contributed by atoms with E-state index < -0.39 is 0 Å². The number of anilines is 8. The van der Waals surface area contributed by atoms with Crippen molar-refractivity contribution in [3.8, 4) is 11.1 Å². The van der Waals surface area contributed by atoms with Gasteiger partial charge >= 0.3 is 0 Å². The third-order valence-corrected chi connectivity index (χ3v) is 22.7. The summed E-state index contributed by atoms with van der Waals surface area (Å²) in [6.45, 7) is 48.5. The van der Waals surface area contributed by atoms with Gasteiger partial charge in [-0.1, -0.05) is 203 Å². The molecule has 0 bridgehead atoms. The van der Waals surface area contributed by atoms with E-state index in [4.69, 9.17) is 0 Å². The van der Waals surface area contributed by atoms with E-state index in [0.717, 1.165) is 6.42 Å². The fourth-order valence-corrected chi connectivity index (χ4v) is 17.2. The van der Waals surface area contributed by atoms with Crippen LogP contribution in [0.1, 0.15) is 213 Å². The molecule has 3 aliphatic heterocycles. The molecule has 5 heteroatoms. The van der Waals surface area contributed by atoms with E-state index in [1.54, 1.807) is 5.56 Å². The van der Waals surface area contributed by atoms with Crippen molar-refractivity contribution in [2.45, 2.75) is 220 Å². The molecule has 13 rings (SSSR count). The monoisotopic (exact) mass is 1110 g/mol. The summed E-state index contributed by atoms with van der Waals surface area (Å²) in [5, 5.41) is 2.78. The summed E-state index contributed by atoms with van der Waals surface area (Å²) in [5.41, 5.74) is 28.4. The van der Waals surface area contributed by atoms with E-state index in [9.17, 15) is 0 Å². The van der Waals surface area contributed by atoms with Crippen LogP contribution in [0.2, 0.25) is 0 Å². The first-order chi connectivity index (χ1) is 38.7. The number of benzene rings is 7. The molecule has 7 aromatic carbocycles. The third kappa shape index (κ3) is 8.44. The molecule has 0 amide bonds. The van der Waals surface area contributed by atoms with Gasteiger partial charge in [0, 0.05) is 44.1 Å². The maximum atomic E-state index is 2.97. The molecule has 0 saturated heterocycles. The van der Waals surface area contributed by atoms with Gasteiger partial charge < -0.3 is 14.7 Å². The maximum absolute atomic E-state index is 2.97. The lowest BCUT2D eigenvalue weighted by Crippen LogP contribution is -2.64. The van der Waals surface area contributed by atoms with Crippen molar-refractivity contribution in [3.63, 3.8) is 0 Å². The van der Waals surface area contributed by atoms with Crippen LogP contribution in [0.4, 0.5) is 44.8 Å². The van der Waals surface area contributed by atoms with Gasteiger partial charge in [0.2, 0.25) is 0 Å². The van der Waals surface area contributed by atoms with Crippen molar-refractivity contribution in [1.82, 2.24) is 0 Å². The first kappa shape index (κ1) is 56.1. The van der Waals surface area contributed by atoms with E-state index in [1.165, 1.54) is 159 Å². The summed E-state index contributed by atoms with van der Waals surface area (Å²) >= 11 is 2.04. The maximum Gasteiger partial charge on any atom is 0.254 e. The molecule has 5 aliphatic rings. The molecular formula is C78H92BN3S. The Balaban J connectivity index is 1.23. The second-order valence-electron chi connectivity index (χ2n) is 32.2. The minimum Gasteiger partial charge on any atom is -0.335 e. The molecule has 8 aromatic rings. The van der Waals surface area contributed by atoms with E-state index in [0.29, 0.717) is 0 Å². The molecular weight excluding hydrogens is 1020 g/mol. The van der Waals surface area contributed by atoms with Gasteiger partial charge in [-0.15, -0.1) is 11.3 Å². The smallest absolute Gasteiger partial charge is 0.254 e. The molecule has 1 fully saturated rings. The van der Waals surface area contributed by atoms with E-state index >= 15 is 0 Å². The summed E-state index contributed by atoms with van der Waals surface area (Å²) in [5.74, 6) is 0. The van der Waals surface area contributed by atoms with Crippen molar-refractivity contribution in [1.29, 1.82) is 0 Å². The van der Waals surface area contributed by atoms with Gasteiger partial charge in [0.1, 0.15) is 0 Å². The third-order valence-electron chi connectivity index (χ3n) is 21.5. The van der Waals surface area contributed by atoms with Crippen molar-refractivity contribution in [3.05, 3.63) is 171 Å². The van der Waals surface area contributed by atoms with Crippen LogP contribution < -0.4 is 31.1 Å². The Morgan fingerprint density at radius 3 is 1.61 bits per heavy atom. The number of hydrogen-bond acceptors (Lipinski definition) is 4. The Labute approximate surface area is 504 Å². The number of hydrogen-bond donors (Lipinski definition) is 0. The zero-order valence-corrected chi connectivity index (χ0v) is 54.9. The highest BCUT2D eigenvalue weighted by Gasteiger charge is 2.62. The Kier molecular flexibility index (Phi) is 12.3. The normalized spacial score (nSPS) is 20.5. The van der Waals surface area contributed by atoms with Gasteiger partial charge in [0.25, 0.3) is 6.71 Å². The number of thiophene rings is 1. The highest BCUT2D eigenvalue weighted by atomic mass is 32.1. The zero-order valence-electron chi connectivity index (χ0n) is 54.1. The number of rotatable bonds is 5. The number of nitrogens with zero attached hydrogens (tertiary/aromatic N) is 3. The fourth-order valence-electron chi connectivity index (χ4n) is 15.9. The van der Waals surface area contributed by atoms with Crippen LogP contribution in [0.15, 0.2) is 121 Å². The lowest BCUT2D eigenvalue weighted by molar-refractivity contribution is 0.195. The molecule has 0 N–H and O–H groups in total. The van der Waals surface area contributed by atoms with E-state index in [-0.39, 0.29) is 50.2 Å². The average Bonchev–Trinajstić information content (AvgIpc) is 1.57. The van der Waals surface area contributed by atoms with Crippen LogP contribution in [0, 0.1) is 13.8 Å². The molecule has 3 nitrogen and oxygen atoms in total. The highest BCUT2D eigenvalue weighted by Crippen LogP contribution is 2.64. The number of aryl methyl sites for hydroxylation is 2. The lowest BCUT2D eigenvalue weighted by Gasteiger charge is -2.53. The molecule has 4 heterocycles. The summed E-state index contributed by atoms with van der Waals surface area (Å²) in [7, 11) is 0. The van der Waals surface area contributed by atoms with Crippen molar-refractivity contribution < 1.29 is 0 Å². The van der Waals surface area contributed by atoms with Gasteiger partial charge in [0.15, 0.2) is 0 Å². The van der Waals surface area contributed by atoms with Crippen molar-refractivity contribution in [2.24, 2.45) is 0 Å². The average molecular weight is 1110 g/mol. The molecule has 83 heavy (non-hydrogen) atoms. The standard InChI is InChI=1S/C78H92BN3S/c1-47-38-50(71(3,4)5)28-31-61(47)80(62-32-29-51(39-48(62)2)72(6,7)8)54-43-64-68-65(44-54)82-69-59(77(19)34-24-25-35-78(77,82)20)41-53(74(12,13)14)42-60(69)79(68)67-56-45-57-58(76(17,18)37-36-75(57,15)16)46-66(56)83-70(67)81(64)63-33-30-52(73(9,10)11)40-55(63)49-26-22-21-23-27-49/h21-23,26-33,38-46H,24-25,34-37H2,1-20H3. The number of fused-ring (bicyclic) bond motifs is 10. The Morgan fingerprint density at radius 2 is 1.04 bits per heavy atom. The SMILES string of the molecule is Cc1cc(C(C)(C)C)ccc1N(c1cc2c3c(c1)N1c4c(cc(C(C)(C)C)cc4C4(C)CCCCC14C)B3c1c(sc3cc4c(cc13)C(C)(C)CCC4(C)C)N2c1ccc(C(C)(C)C)cc1-c1ccccc1)c1ccc(C(C)(C)C)cc1C. The Morgan fingerprint density at radius 1 is 0.494 bits per heavy atom.